The van der Waals surface area contributed by atoms with Crippen LogP contribution in [0, 0.1) is 17.6 Å². The Hall–Kier alpha value is -3.49. The molecule has 35 heavy (non-hydrogen) atoms. The van der Waals surface area contributed by atoms with E-state index in [0.29, 0.717) is 31.7 Å². The number of carbonyl (C=O) groups is 3. The first kappa shape index (κ1) is 26.1. The van der Waals surface area contributed by atoms with E-state index in [2.05, 4.69) is 10.6 Å². The number of piperidine rings is 1. The van der Waals surface area contributed by atoms with Crippen LogP contribution in [0.5, 0.6) is 5.75 Å². The number of likely N-dealkylation sites (tertiary alicyclic amines) is 1. The van der Waals surface area contributed by atoms with Crippen molar-refractivity contribution in [2.75, 3.05) is 20.2 Å². The standard InChI is InChI=1S/C26H31F2N3O4/c1-16(2)24(30-25(33)23-19(27)8-6-9-20(23)28)26(34)29-18-11-13-31(14-12-18)22(32)15-17-7-4-5-10-21(17)35-3/h4-10,16,18,24H,11-15H2,1-3H3,(H,29,34)(H,30,33)/t24-/m0/s1. The van der Waals surface area contributed by atoms with E-state index in [-0.39, 0.29) is 24.3 Å². The molecule has 7 nitrogen and oxygen atoms in total. The SMILES string of the molecule is COc1ccccc1CC(=O)N1CCC(NC(=O)[C@@H](NC(=O)c2c(F)cccc2F)C(C)C)CC1. The second kappa shape index (κ2) is 11.8. The van der Waals surface area contributed by atoms with Crippen molar-refractivity contribution < 1.29 is 27.9 Å². The van der Waals surface area contributed by atoms with Gasteiger partial charge in [0.05, 0.1) is 13.5 Å². The second-order valence-corrected chi connectivity index (χ2v) is 8.94. The minimum Gasteiger partial charge on any atom is -0.496 e. The maximum atomic E-state index is 14.0. The Labute approximate surface area is 203 Å². The van der Waals surface area contributed by atoms with Crippen molar-refractivity contribution >= 4 is 17.7 Å². The minimum atomic E-state index is -0.990. The third-order valence-electron chi connectivity index (χ3n) is 6.15. The number of amides is 3. The molecule has 188 valence electrons. The smallest absolute Gasteiger partial charge is 0.257 e. The number of ether oxygens (including phenoxy) is 1. The van der Waals surface area contributed by atoms with Gasteiger partial charge in [0, 0.05) is 24.7 Å². The van der Waals surface area contributed by atoms with E-state index in [1.165, 1.54) is 6.07 Å². The van der Waals surface area contributed by atoms with Gasteiger partial charge in [0.1, 0.15) is 29.0 Å². The highest BCUT2D eigenvalue weighted by Crippen LogP contribution is 2.20. The average Bonchev–Trinajstić information content (AvgIpc) is 2.83. The molecule has 1 aliphatic heterocycles. The summed E-state index contributed by atoms with van der Waals surface area (Å²) in [5, 5.41) is 5.38. The Kier molecular flexibility index (Phi) is 8.78. The number of hydrogen-bond donors (Lipinski definition) is 2. The van der Waals surface area contributed by atoms with Crippen LogP contribution in [0.3, 0.4) is 0 Å². The van der Waals surface area contributed by atoms with E-state index in [4.69, 9.17) is 4.74 Å². The zero-order valence-corrected chi connectivity index (χ0v) is 20.1. The van der Waals surface area contributed by atoms with Gasteiger partial charge in [-0.3, -0.25) is 14.4 Å². The van der Waals surface area contributed by atoms with Gasteiger partial charge in [-0.1, -0.05) is 38.1 Å². The zero-order chi connectivity index (χ0) is 25.5. The number of halogens is 2. The van der Waals surface area contributed by atoms with Gasteiger partial charge >= 0.3 is 0 Å². The van der Waals surface area contributed by atoms with Crippen LogP contribution in [-0.2, 0) is 16.0 Å². The van der Waals surface area contributed by atoms with Crippen molar-refractivity contribution in [2.45, 2.75) is 45.2 Å². The highest BCUT2D eigenvalue weighted by molar-refractivity contribution is 5.98. The average molecular weight is 488 g/mol. The molecular weight excluding hydrogens is 456 g/mol. The van der Waals surface area contributed by atoms with Crippen molar-refractivity contribution in [3.63, 3.8) is 0 Å². The molecule has 9 heteroatoms. The van der Waals surface area contributed by atoms with Crippen LogP contribution < -0.4 is 15.4 Å². The van der Waals surface area contributed by atoms with Crippen molar-refractivity contribution in [2.24, 2.45) is 5.92 Å². The largest absolute Gasteiger partial charge is 0.496 e. The normalized spacial score (nSPS) is 15.0. The summed E-state index contributed by atoms with van der Waals surface area (Å²) in [6.07, 6.45) is 1.35. The van der Waals surface area contributed by atoms with Gasteiger partial charge in [0.25, 0.3) is 5.91 Å². The number of methoxy groups -OCH3 is 1. The molecule has 0 aromatic heterocycles. The molecule has 2 aromatic carbocycles. The molecule has 0 spiro atoms. The maximum absolute atomic E-state index is 14.0. The van der Waals surface area contributed by atoms with E-state index in [1.54, 1.807) is 25.9 Å². The zero-order valence-electron chi connectivity index (χ0n) is 20.1. The molecule has 1 saturated heterocycles. The maximum Gasteiger partial charge on any atom is 0.257 e. The molecule has 2 aromatic rings. The van der Waals surface area contributed by atoms with E-state index in [0.717, 1.165) is 17.7 Å². The van der Waals surface area contributed by atoms with E-state index in [1.807, 2.05) is 24.3 Å². The summed E-state index contributed by atoms with van der Waals surface area (Å²) in [7, 11) is 1.57. The fourth-order valence-corrected chi connectivity index (χ4v) is 4.15. The summed E-state index contributed by atoms with van der Waals surface area (Å²) in [4.78, 5) is 39.9. The number of nitrogens with one attached hydrogen (secondary N) is 2. The molecule has 0 radical (unpaired) electrons. The second-order valence-electron chi connectivity index (χ2n) is 8.94. The van der Waals surface area contributed by atoms with Crippen molar-refractivity contribution in [3.8, 4) is 5.75 Å². The summed E-state index contributed by atoms with van der Waals surface area (Å²) < 4.78 is 33.2. The number of nitrogens with zero attached hydrogens (tertiary/aromatic N) is 1. The first-order valence-corrected chi connectivity index (χ1v) is 11.7. The third kappa shape index (κ3) is 6.55. The quantitative estimate of drug-likeness (QED) is 0.599. The molecule has 1 fully saturated rings. The molecule has 3 amide bonds. The summed E-state index contributed by atoms with van der Waals surface area (Å²) in [5.41, 5.74) is 0.102. The first-order chi connectivity index (χ1) is 16.7. The van der Waals surface area contributed by atoms with Crippen LogP contribution >= 0.6 is 0 Å². The van der Waals surface area contributed by atoms with Crippen molar-refractivity contribution in [3.05, 3.63) is 65.2 Å². The molecule has 1 heterocycles. The number of benzene rings is 2. The van der Waals surface area contributed by atoms with E-state index < -0.39 is 35.1 Å². The van der Waals surface area contributed by atoms with Crippen LogP contribution in [-0.4, -0.2) is 54.9 Å². The molecule has 0 unspecified atom stereocenters. The molecule has 1 aliphatic rings. The predicted octanol–water partition coefficient (Wildman–Crippen LogP) is 3.08. The van der Waals surface area contributed by atoms with Crippen LogP contribution in [0.4, 0.5) is 8.78 Å². The fourth-order valence-electron chi connectivity index (χ4n) is 4.15. The highest BCUT2D eigenvalue weighted by atomic mass is 19.1. The third-order valence-corrected chi connectivity index (χ3v) is 6.15. The van der Waals surface area contributed by atoms with Gasteiger partial charge < -0.3 is 20.3 Å². The van der Waals surface area contributed by atoms with Gasteiger partial charge in [0.15, 0.2) is 0 Å². The number of para-hydroxylation sites is 1. The fraction of sp³-hybridized carbons (Fsp3) is 0.423. The molecule has 0 bridgehead atoms. The van der Waals surface area contributed by atoms with Crippen molar-refractivity contribution in [1.29, 1.82) is 0 Å². The lowest BCUT2D eigenvalue weighted by molar-refractivity contribution is -0.131. The molecular formula is C26H31F2N3O4. The molecule has 0 aliphatic carbocycles. The summed E-state index contributed by atoms with van der Waals surface area (Å²) in [6.45, 7) is 4.44. The minimum absolute atomic E-state index is 0.0153. The Morgan fingerprint density at radius 2 is 1.66 bits per heavy atom. The lowest BCUT2D eigenvalue weighted by Gasteiger charge is -2.34. The van der Waals surface area contributed by atoms with E-state index >= 15 is 0 Å². The van der Waals surface area contributed by atoms with Gasteiger partial charge in [-0.15, -0.1) is 0 Å². The van der Waals surface area contributed by atoms with E-state index in [9.17, 15) is 23.2 Å². The highest BCUT2D eigenvalue weighted by Gasteiger charge is 2.30. The molecule has 1 atom stereocenters. The summed E-state index contributed by atoms with van der Waals surface area (Å²) in [6, 6.07) is 9.38. The topological polar surface area (TPSA) is 87.7 Å². The Bertz CT molecular complexity index is 1050. The Morgan fingerprint density at radius 1 is 1.03 bits per heavy atom. The monoisotopic (exact) mass is 487 g/mol. The molecule has 0 saturated carbocycles. The van der Waals surface area contributed by atoms with Gasteiger partial charge in [-0.25, -0.2) is 8.78 Å². The lowest BCUT2D eigenvalue weighted by Crippen LogP contribution is -2.54. The van der Waals surface area contributed by atoms with Crippen LogP contribution in [0.2, 0.25) is 0 Å². The van der Waals surface area contributed by atoms with Crippen LogP contribution in [0.15, 0.2) is 42.5 Å². The summed E-state index contributed by atoms with van der Waals surface area (Å²) >= 11 is 0. The Balaban J connectivity index is 1.55. The Morgan fingerprint density at radius 3 is 2.26 bits per heavy atom. The molecule has 2 N–H and O–H groups in total. The predicted molar refractivity (Wildman–Crippen MR) is 127 cm³/mol. The number of rotatable bonds is 8. The van der Waals surface area contributed by atoms with Gasteiger partial charge in [-0.2, -0.15) is 0 Å². The van der Waals surface area contributed by atoms with Crippen LogP contribution in [0.1, 0.15) is 42.6 Å². The summed E-state index contributed by atoms with van der Waals surface area (Å²) in [5.74, 6) is -3.05. The molecule has 3 rings (SSSR count). The van der Waals surface area contributed by atoms with Crippen LogP contribution in [0.25, 0.3) is 0 Å². The number of hydrogen-bond acceptors (Lipinski definition) is 4. The lowest BCUT2D eigenvalue weighted by atomic mass is 9.99. The van der Waals surface area contributed by atoms with Crippen molar-refractivity contribution in [1.82, 2.24) is 15.5 Å². The first-order valence-electron chi connectivity index (χ1n) is 11.7. The van der Waals surface area contributed by atoms with Gasteiger partial charge in [0.2, 0.25) is 11.8 Å². The number of carbonyl (C=O) groups excluding carboxylic acids is 3. The van der Waals surface area contributed by atoms with Gasteiger partial charge in [-0.05, 0) is 37.0 Å².